The zero-order valence-electron chi connectivity index (χ0n) is 2.46. The first kappa shape index (κ1) is 8.83. The van der Waals surface area contributed by atoms with Crippen molar-refractivity contribution < 1.29 is 27.5 Å². The van der Waals surface area contributed by atoms with Gasteiger partial charge in [-0.25, -0.2) is 0 Å². The molecule has 0 fully saturated rings. The van der Waals surface area contributed by atoms with E-state index in [2.05, 4.69) is 0 Å². The van der Waals surface area contributed by atoms with Crippen LogP contribution in [-0.2, 0) is 22.4 Å². The summed E-state index contributed by atoms with van der Waals surface area (Å²) >= 11 is 0. The minimum absolute atomic E-state index is 0. The predicted octanol–water partition coefficient (Wildman–Crippen LogP) is -0.00390. The van der Waals surface area contributed by atoms with Crippen molar-refractivity contribution in [1.29, 1.82) is 0 Å². The molecule has 0 rings (SSSR count). The van der Waals surface area contributed by atoms with Gasteiger partial charge in [-0.1, -0.05) is 0 Å². The monoisotopic (exact) mass is 153 g/mol. The summed E-state index contributed by atoms with van der Waals surface area (Å²) < 4.78 is 0. The van der Waals surface area contributed by atoms with Crippen LogP contribution in [0.2, 0.25) is 0 Å². The van der Waals surface area contributed by atoms with Crippen molar-refractivity contribution >= 4 is 0 Å². The van der Waals surface area contributed by atoms with Crippen LogP contribution >= 0.6 is 0 Å². The van der Waals surface area contributed by atoms with Crippen LogP contribution in [-0.4, -0.2) is 11.7 Å². The van der Waals surface area contributed by atoms with Gasteiger partial charge >= 0.3 is 0 Å². The third kappa shape index (κ3) is 15.9. The largest absolute Gasteiger partial charge is 0.397 e. The number of hydrogen-bond donors (Lipinski definition) is 1. The molecule has 0 spiro atoms. The van der Waals surface area contributed by atoms with Crippen LogP contribution in [0.3, 0.4) is 0 Å². The predicted molar refractivity (Wildman–Crippen MR) is 12.8 cm³/mol. The summed E-state index contributed by atoms with van der Waals surface area (Å²) in [4.78, 5) is 0. The van der Waals surface area contributed by atoms with Gasteiger partial charge in [-0.15, -0.1) is 0 Å². The van der Waals surface area contributed by atoms with Gasteiger partial charge in [0.05, 0.1) is 0 Å². The van der Waals surface area contributed by atoms with Crippen LogP contribution in [0.25, 0.3) is 0 Å². The second-order valence-electron chi connectivity index (χ2n) is 0.316. The fourth-order valence-electron chi connectivity index (χ4n) is 0. The Labute approximate surface area is 41.5 Å². The van der Waals surface area contributed by atoms with E-state index in [-0.39, 0.29) is 29.0 Å². The smallest absolute Gasteiger partial charge is 0.0402 e. The summed E-state index contributed by atoms with van der Waals surface area (Å²) in [5.41, 5.74) is 0. The SMILES string of the molecule is CCO.[Ag]. The van der Waals surface area contributed by atoms with Crippen LogP contribution in [0, 0.1) is 0 Å². The Morgan fingerprint density at radius 3 is 1.75 bits per heavy atom. The van der Waals surface area contributed by atoms with Crippen LogP contribution in [0.1, 0.15) is 6.92 Å². The number of hydrogen-bond acceptors (Lipinski definition) is 1. The van der Waals surface area contributed by atoms with Gasteiger partial charge in [-0.2, -0.15) is 0 Å². The van der Waals surface area contributed by atoms with E-state index in [0.717, 1.165) is 0 Å². The minimum Gasteiger partial charge on any atom is -0.397 e. The van der Waals surface area contributed by atoms with Gasteiger partial charge in [0, 0.05) is 29.0 Å². The van der Waals surface area contributed by atoms with Crippen molar-refractivity contribution in [3.8, 4) is 0 Å². The fraction of sp³-hybridized carbons (Fsp3) is 1.00. The first-order chi connectivity index (χ1) is 1.41. The summed E-state index contributed by atoms with van der Waals surface area (Å²) in [6.45, 7) is 1.93. The number of aliphatic hydroxyl groups is 1. The van der Waals surface area contributed by atoms with E-state index >= 15 is 0 Å². The third-order valence-electron chi connectivity index (χ3n) is 0. The zero-order chi connectivity index (χ0) is 2.71. The van der Waals surface area contributed by atoms with Crippen LogP contribution in [0.15, 0.2) is 0 Å². The van der Waals surface area contributed by atoms with Crippen molar-refractivity contribution in [2.45, 2.75) is 6.92 Å². The Hall–Kier alpha value is 0.700. The van der Waals surface area contributed by atoms with Crippen molar-refractivity contribution in [2.24, 2.45) is 0 Å². The molecule has 31 valence electrons. The molecule has 0 aromatic heterocycles. The maximum atomic E-state index is 7.57. The van der Waals surface area contributed by atoms with E-state index in [1.54, 1.807) is 6.92 Å². The third-order valence-corrected chi connectivity index (χ3v) is 0. The summed E-state index contributed by atoms with van der Waals surface area (Å²) in [7, 11) is 0. The molecule has 0 heterocycles. The number of rotatable bonds is 0. The van der Waals surface area contributed by atoms with Gasteiger partial charge < -0.3 is 5.11 Å². The van der Waals surface area contributed by atoms with Crippen molar-refractivity contribution in [3.63, 3.8) is 0 Å². The van der Waals surface area contributed by atoms with Crippen molar-refractivity contribution in [1.82, 2.24) is 0 Å². The molecule has 0 aliphatic heterocycles. The van der Waals surface area contributed by atoms with E-state index in [1.165, 1.54) is 0 Å². The molecule has 0 atom stereocenters. The van der Waals surface area contributed by atoms with Gasteiger partial charge in [0.2, 0.25) is 0 Å². The van der Waals surface area contributed by atoms with E-state index < -0.39 is 0 Å². The second-order valence-corrected chi connectivity index (χ2v) is 0.316. The fourth-order valence-corrected chi connectivity index (χ4v) is 0. The molecule has 0 aliphatic rings. The van der Waals surface area contributed by atoms with E-state index in [9.17, 15) is 0 Å². The van der Waals surface area contributed by atoms with Gasteiger partial charge in [0.25, 0.3) is 0 Å². The average molecular weight is 154 g/mol. The average Bonchev–Trinajstić information content (AvgIpc) is 0.918. The maximum absolute atomic E-state index is 7.57. The summed E-state index contributed by atoms with van der Waals surface area (Å²) in [5, 5.41) is 7.57. The number of aliphatic hydroxyl groups excluding tert-OH is 1. The molecule has 1 N–H and O–H groups in total. The summed E-state index contributed by atoms with van der Waals surface area (Å²) in [5.74, 6) is 0. The Morgan fingerprint density at radius 1 is 1.75 bits per heavy atom. The molecule has 0 unspecified atom stereocenters. The summed E-state index contributed by atoms with van der Waals surface area (Å²) in [6, 6.07) is 0. The van der Waals surface area contributed by atoms with Crippen molar-refractivity contribution in [3.05, 3.63) is 0 Å². The van der Waals surface area contributed by atoms with Crippen LogP contribution in [0.4, 0.5) is 0 Å². The second kappa shape index (κ2) is 9.33. The topological polar surface area (TPSA) is 20.2 Å². The van der Waals surface area contributed by atoms with E-state index in [0.29, 0.717) is 0 Å². The first-order valence-corrected chi connectivity index (χ1v) is 1.02. The standard InChI is InChI=1S/C2H6O.Ag/c1-2-3;/h3H,2H2,1H3;. The Kier molecular flexibility index (Phi) is 20.6. The molecule has 1 radical (unpaired) electrons. The normalized spacial score (nSPS) is 4.50. The molecule has 0 saturated carbocycles. The molecule has 4 heavy (non-hydrogen) atoms. The molecule has 0 saturated heterocycles. The molecular weight excluding hydrogens is 148 g/mol. The molecular formula is C2H6AgO. The Bertz CT molecular complexity index is 6.00. The molecule has 1 nitrogen and oxygen atoms in total. The zero-order valence-corrected chi connectivity index (χ0v) is 3.94. The first-order valence-electron chi connectivity index (χ1n) is 1.02. The van der Waals surface area contributed by atoms with Gasteiger partial charge in [-0.05, 0) is 6.92 Å². The molecule has 0 aromatic rings. The minimum atomic E-state index is 0. The van der Waals surface area contributed by atoms with E-state index in [1.807, 2.05) is 0 Å². The van der Waals surface area contributed by atoms with Gasteiger partial charge in [0.15, 0.2) is 0 Å². The Morgan fingerprint density at radius 2 is 1.75 bits per heavy atom. The van der Waals surface area contributed by atoms with Gasteiger partial charge in [-0.3, -0.25) is 0 Å². The Balaban J connectivity index is 0. The van der Waals surface area contributed by atoms with Gasteiger partial charge in [0.1, 0.15) is 0 Å². The molecule has 0 aliphatic carbocycles. The van der Waals surface area contributed by atoms with Crippen molar-refractivity contribution in [2.75, 3.05) is 6.61 Å². The maximum Gasteiger partial charge on any atom is 0.0402 e. The van der Waals surface area contributed by atoms with Crippen LogP contribution < -0.4 is 0 Å². The molecule has 0 aromatic carbocycles. The van der Waals surface area contributed by atoms with Crippen LogP contribution in [0.5, 0.6) is 0 Å². The molecule has 0 bridgehead atoms. The molecule has 0 amide bonds. The molecule has 2 heteroatoms. The quantitative estimate of drug-likeness (QED) is 0.486. The van der Waals surface area contributed by atoms with E-state index in [4.69, 9.17) is 5.11 Å². The summed E-state index contributed by atoms with van der Waals surface area (Å²) in [6.07, 6.45) is 0.